The molecule has 0 bridgehead atoms. The maximum absolute atomic E-state index is 12.7. The van der Waals surface area contributed by atoms with Gasteiger partial charge in [-0.05, 0) is 51.4 Å². The minimum absolute atomic E-state index is 0.0370. The number of allylic oxidation sites excluding steroid dienone is 4. The molecule has 0 aromatic rings. The third kappa shape index (κ3) is 51.9. The van der Waals surface area contributed by atoms with Crippen LogP contribution in [0.25, 0.3) is 0 Å². The van der Waals surface area contributed by atoms with Gasteiger partial charge in [-0.1, -0.05) is 231 Å². The molecule has 2 unspecified atom stereocenters. The van der Waals surface area contributed by atoms with Crippen molar-refractivity contribution in [3.63, 3.8) is 0 Å². The number of carbonyl (C=O) groups is 2. The maximum Gasteiger partial charge on any atom is 0.306 e. The number of nitrogens with zero attached hydrogens (tertiary/aromatic N) is 1. The Kier molecular flexibility index (Phi) is 47.4. The largest absolute Gasteiger partial charge is 0.756 e. The van der Waals surface area contributed by atoms with Crippen LogP contribution in [0, 0.1) is 0 Å². The Morgan fingerprint density at radius 1 is 0.455 bits per heavy atom. The van der Waals surface area contributed by atoms with E-state index < -0.39 is 32.5 Å². The number of ether oxygens (including phenoxy) is 2. The van der Waals surface area contributed by atoms with Crippen molar-refractivity contribution in [2.45, 2.75) is 277 Å². The van der Waals surface area contributed by atoms with Crippen LogP contribution < -0.4 is 4.89 Å². The van der Waals surface area contributed by atoms with E-state index in [2.05, 4.69) is 38.2 Å². The zero-order chi connectivity index (χ0) is 48.5. The Morgan fingerprint density at radius 2 is 0.773 bits per heavy atom. The summed E-state index contributed by atoms with van der Waals surface area (Å²) in [4.78, 5) is 37.8. The number of hydrogen-bond donors (Lipinski definition) is 0. The molecule has 0 rings (SSSR count). The van der Waals surface area contributed by atoms with Crippen LogP contribution in [-0.4, -0.2) is 70.0 Å². The quantitative estimate of drug-likeness (QED) is 0.0195. The number of unbranched alkanes of at least 4 members (excludes halogenated alkanes) is 34. The van der Waals surface area contributed by atoms with E-state index in [1.165, 1.54) is 205 Å². The average Bonchev–Trinajstić information content (AvgIpc) is 3.27. The number of quaternary nitrogens is 1. The van der Waals surface area contributed by atoms with E-state index >= 15 is 0 Å². The van der Waals surface area contributed by atoms with Crippen LogP contribution in [0.5, 0.6) is 0 Å². The summed E-state index contributed by atoms with van der Waals surface area (Å²) < 4.78 is 34.0. The van der Waals surface area contributed by atoms with Gasteiger partial charge in [0.1, 0.15) is 19.8 Å². The van der Waals surface area contributed by atoms with E-state index in [9.17, 15) is 19.0 Å². The van der Waals surface area contributed by atoms with Gasteiger partial charge in [-0.3, -0.25) is 14.2 Å². The molecule has 0 saturated carbocycles. The van der Waals surface area contributed by atoms with Gasteiger partial charge in [-0.2, -0.15) is 0 Å². The molecule has 0 radical (unpaired) electrons. The van der Waals surface area contributed by atoms with Crippen LogP contribution in [0.2, 0.25) is 0 Å². The SMILES string of the molecule is CCCCCCCCCCCCCCCCCC/C=C\CCCC(=O)OCC(COP(=O)([O-])OCC[N+](C)(C)C)OC(=O)CCC/C=C\CCCCCCCCCCCCCCCCCC. The van der Waals surface area contributed by atoms with Crippen molar-refractivity contribution in [3.05, 3.63) is 24.3 Å². The van der Waals surface area contributed by atoms with Gasteiger partial charge in [0, 0.05) is 12.8 Å². The summed E-state index contributed by atoms with van der Waals surface area (Å²) in [5.41, 5.74) is 0. The summed E-state index contributed by atoms with van der Waals surface area (Å²) in [5, 5.41) is 0. The Bertz CT molecular complexity index is 1170. The molecule has 0 heterocycles. The fraction of sp³-hybridized carbons (Fsp3) is 0.893. The van der Waals surface area contributed by atoms with Crippen LogP contribution >= 0.6 is 7.82 Å². The van der Waals surface area contributed by atoms with E-state index in [0.717, 1.165) is 25.7 Å². The van der Waals surface area contributed by atoms with Crippen molar-refractivity contribution in [1.29, 1.82) is 0 Å². The van der Waals surface area contributed by atoms with E-state index in [1.807, 2.05) is 21.1 Å². The van der Waals surface area contributed by atoms with Crippen LogP contribution in [0.3, 0.4) is 0 Å². The molecule has 2 atom stereocenters. The van der Waals surface area contributed by atoms with Crippen molar-refractivity contribution in [3.8, 4) is 0 Å². The molecular weight excluding hydrogens is 846 g/mol. The molecule has 0 N–H and O–H groups in total. The van der Waals surface area contributed by atoms with Crippen molar-refractivity contribution in [2.75, 3.05) is 47.5 Å². The van der Waals surface area contributed by atoms with Crippen LogP contribution in [0.4, 0.5) is 0 Å². The van der Waals surface area contributed by atoms with Gasteiger partial charge in [0.25, 0.3) is 7.82 Å². The molecule has 10 heteroatoms. The molecule has 390 valence electrons. The highest BCUT2D eigenvalue weighted by Crippen LogP contribution is 2.38. The second-order valence-corrected chi connectivity index (χ2v) is 21.7. The first kappa shape index (κ1) is 64.5. The summed E-state index contributed by atoms with van der Waals surface area (Å²) in [5.74, 6) is -0.895. The number of carbonyl (C=O) groups excluding carboxylic acids is 2. The number of rotatable bonds is 52. The predicted molar refractivity (Wildman–Crippen MR) is 278 cm³/mol. The molecule has 0 aliphatic carbocycles. The molecule has 0 amide bonds. The second-order valence-electron chi connectivity index (χ2n) is 20.3. The lowest BCUT2D eigenvalue weighted by atomic mass is 10.0. The van der Waals surface area contributed by atoms with Crippen LogP contribution in [0.15, 0.2) is 24.3 Å². The summed E-state index contributed by atoms with van der Waals surface area (Å²) >= 11 is 0. The monoisotopic (exact) mass is 954 g/mol. The number of likely N-dealkylation sites (N-methyl/N-ethyl adjacent to an activating group) is 1. The lowest BCUT2D eigenvalue weighted by Gasteiger charge is -2.28. The van der Waals surface area contributed by atoms with Gasteiger partial charge in [-0.15, -0.1) is 0 Å². The number of esters is 2. The number of phosphoric ester groups is 1. The lowest BCUT2D eigenvalue weighted by Crippen LogP contribution is -2.37. The van der Waals surface area contributed by atoms with E-state index in [1.54, 1.807) is 0 Å². The fourth-order valence-corrected chi connectivity index (χ4v) is 8.81. The topological polar surface area (TPSA) is 111 Å². The van der Waals surface area contributed by atoms with Crippen LogP contribution in [-0.2, 0) is 32.7 Å². The van der Waals surface area contributed by atoms with Gasteiger partial charge in [-0.25, -0.2) is 0 Å². The highest BCUT2D eigenvalue weighted by atomic mass is 31.2. The molecule has 0 aromatic carbocycles. The molecule has 0 spiro atoms. The minimum Gasteiger partial charge on any atom is -0.756 e. The van der Waals surface area contributed by atoms with Gasteiger partial charge >= 0.3 is 11.9 Å². The van der Waals surface area contributed by atoms with Gasteiger partial charge in [0.15, 0.2) is 6.10 Å². The third-order valence-corrected chi connectivity index (χ3v) is 13.4. The van der Waals surface area contributed by atoms with Gasteiger partial charge in [0.2, 0.25) is 0 Å². The minimum atomic E-state index is -4.64. The van der Waals surface area contributed by atoms with Crippen molar-refractivity contribution >= 4 is 19.8 Å². The predicted octanol–water partition coefficient (Wildman–Crippen LogP) is 16.4. The third-order valence-electron chi connectivity index (χ3n) is 12.4. The fourth-order valence-electron chi connectivity index (χ4n) is 8.08. The zero-order valence-corrected chi connectivity index (χ0v) is 45.1. The van der Waals surface area contributed by atoms with Crippen molar-refractivity contribution < 1.29 is 42.1 Å². The highest BCUT2D eigenvalue weighted by molar-refractivity contribution is 7.45. The smallest absolute Gasteiger partial charge is 0.306 e. The Labute approximate surface area is 409 Å². The summed E-state index contributed by atoms with van der Waals surface area (Å²) in [7, 11) is 1.15. The summed E-state index contributed by atoms with van der Waals surface area (Å²) in [6, 6.07) is 0. The van der Waals surface area contributed by atoms with Gasteiger partial charge in [0.05, 0.1) is 27.7 Å². The maximum atomic E-state index is 12.7. The number of phosphoric acid groups is 1. The Balaban J connectivity index is 4.23. The summed E-state index contributed by atoms with van der Waals surface area (Å²) in [6.07, 6.45) is 56.7. The molecule has 66 heavy (non-hydrogen) atoms. The molecule has 0 aliphatic heterocycles. The average molecular weight is 954 g/mol. The zero-order valence-electron chi connectivity index (χ0n) is 44.2. The number of hydrogen-bond acceptors (Lipinski definition) is 8. The van der Waals surface area contributed by atoms with Crippen molar-refractivity contribution in [2.24, 2.45) is 0 Å². The molecule has 0 fully saturated rings. The van der Waals surface area contributed by atoms with Crippen molar-refractivity contribution in [1.82, 2.24) is 0 Å². The second kappa shape index (κ2) is 48.5. The molecule has 9 nitrogen and oxygen atoms in total. The first-order valence-corrected chi connectivity index (χ1v) is 29.5. The normalized spacial score (nSPS) is 13.5. The summed E-state index contributed by atoms with van der Waals surface area (Å²) in [6.45, 7) is 4.23. The molecule has 0 aliphatic rings. The molecular formula is C56H108NO8P. The first-order valence-electron chi connectivity index (χ1n) is 28.0. The first-order chi connectivity index (χ1) is 32.0. The van der Waals surface area contributed by atoms with Gasteiger partial charge < -0.3 is 27.9 Å². The highest BCUT2D eigenvalue weighted by Gasteiger charge is 2.21. The lowest BCUT2D eigenvalue weighted by molar-refractivity contribution is -0.870. The standard InChI is InChI=1S/C56H108NO8P/c1-6-8-10-12-14-16-18-20-22-24-26-28-30-32-34-36-38-40-42-44-46-48-55(58)62-52-54(53-64-66(60,61)63-51-50-57(3,4)5)65-56(59)49-47-45-43-41-39-37-35-33-31-29-27-25-23-21-19-17-15-13-11-9-7-2/h40-43,54H,6-39,44-53H2,1-5H3/b42-40-,43-41-. The van der Waals surface area contributed by atoms with E-state index in [0.29, 0.717) is 23.9 Å². The van der Waals surface area contributed by atoms with Crippen LogP contribution in [0.1, 0.15) is 271 Å². The Hall–Kier alpha value is -1.51. The Morgan fingerprint density at radius 3 is 1.12 bits per heavy atom. The molecule has 0 aromatic heterocycles. The molecule has 0 saturated heterocycles. The van der Waals surface area contributed by atoms with E-state index in [4.69, 9.17) is 18.5 Å². The van der Waals surface area contributed by atoms with E-state index in [-0.39, 0.29) is 26.1 Å².